The SMILES string of the molecule is C.Cc1cn([C@H]2C[C@@H](N=[N+]=[N-])[C@@H](COP(=O)(O)NP(=O)(O)O)O2)c(=O)[nH]c1=O. The predicted octanol–water partition coefficient (Wildman–Crippen LogP) is 0.247. The molecule has 1 aliphatic heterocycles. The Balaban J connectivity index is 0.00000392. The van der Waals surface area contributed by atoms with Crippen LogP contribution in [0.3, 0.4) is 0 Å². The van der Waals surface area contributed by atoms with E-state index in [9.17, 15) is 23.6 Å². The zero-order valence-electron chi connectivity index (χ0n) is 13.7. The predicted molar refractivity (Wildman–Crippen MR) is 95.2 cm³/mol. The second-order valence-corrected chi connectivity index (χ2v) is 8.76. The summed E-state index contributed by atoms with van der Waals surface area (Å²) in [7, 11) is -9.91. The van der Waals surface area contributed by atoms with Crippen LogP contribution in [-0.2, 0) is 18.4 Å². The molecule has 1 unspecified atom stereocenters. The van der Waals surface area contributed by atoms with E-state index >= 15 is 0 Å². The van der Waals surface area contributed by atoms with E-state index in [0.717, 1.165) is 9.42 Å². The number of aromatic nitrogens is 2. The van der Waals surface area contributed by atoms with E-state index in [1.165, 1.54) is 13.1 Å². The fourth-order valence-electron chi connectivity index (χ4n) is 2.39. The molecule has 17 heteroatoms. The largest absolute Gasteiger partial charge is 0.412 e. The lowest BCUT2D eigenvalue weighted by Crippen LogP contribution is -2.33. The Morgan fingerprint density at radius 3 is 2.68 bits per heavy atom. The van der Waals surface area contributed by atoms with Crippen LogP contribution in [0.25, 0.3) is 10.4 Å². The van der Waals surface area contributed by atoms with Crippen molar-refractivity contribution in [2.75, 3.05) is 6.61 Å². The molecule has 0 aromatic carbocycles. The number of ether oxygens (including phenoxy) is 1. The van der Waals surface area contributed by atoms with Crippen molar-refractivity contribution in [3.05, 3.63) is 43.0 Å². The Labute approximate surface area is 157 Å². The molecule has 1 aromatic rings. The molecule has 15 nitrogen and oxygen atoms in total. The Hall–Kier alpha value is -1.79. The lowest BCUT2D eigenvalue weighted by atomic mass is 10.1. The molecule has 0 aliphatic carbocycles. The van der Waals surface area contributed by atoms with Gasteiger partial charge in [0.15, 0.2) is 0 Å². The molecule has 28 heavy (non-hydrogen) atoms. The van der Waals surface area contributed by atoms with Crippen molar-refractivity contribution in [1.82, 2.24) is 14.4 Å². The number of rotatable bonds is 7. The van der Waals surface area contributed by atoms with Crippen LogP contribution in [0.4, 0.5) is 0 Å². The molecule has 0 bridgehead atoms. The Morgan fingerprint density at radius 2 is 2.11 bits per heavy atom. The van der Waals surface area contributed by atoms with Crippen LogP contribution in [0, 0.1) is 6.92 Å². The lowest BCUT2D eigenvalue weighted by Gasteiger charge is -2.19. The van der Waals surface area contributed by atoms with Crippen molar-refractivity contribution in [1.29, 1.82) is 0 Å². The van der Waals surface area contributed by atoms with Gasteiger partial charge in [0.05, 0.1) is 18.8 Å². The zero-order valence-corrected chi connectivity index (χ0v) is 15.5. The number of nitrogens with zero attached hydrogens (tertiary/aromatic N) is 4. The molecular weight excluding hydrogens is 422 g/mol. The van der Waals surface area contributed by atoms with Crippen LogP contribution < -0.4 is 16.1 Å². The number of aryl methyl sites for hydroxylation is 1. The summed E-state index contributed by atoms with van der Waals surface area (Å²) in [6, 6.07) is -0.908. The van der Waals surface area contributed by atoms with Crippen LogP contribution in [0.5, 0.6) is 0 Å². The monoisotopic (exact) mass is 442 g/mol. The third-order valence-electron chi connectivity index (χ3n) is 3.53. The molecule has 158 valence electrons. The number of hydrogen-bond acceptors (Lipinski definition) is 7. The molecule has 1 aliphatic rings. The topological polar surface area (TPSA) is 229 Å². The fraction of sp³-hybridized carbons (Fsp3) is 0.636. The highest BCUT2D eigenvalue weighted by Crippen LogP contribution is 2.49. The molecule has 1 fully saturated rings. The van der Waals surface area contributed by atoms with Crippen molar-refractivity contribution in [3.8, 4) is 0 Å². The van der Waals surface area contributed by atoms with Gasteiger partial charge in [0, 0.05) is 23.1 Å². The second-order valence-electron chi connectivity index (χ2n) is 5.58. The van der Waals surface area contributed by atoms with Crippen LogP contribution in [-0.4, -0.2) is 43.0 Å². The van der Waals surface area contributed by atoms with Gasteiger partial charge in [-0.1, -0.05) is 12.5 Å². The first-order chi connectivity index (χ1) is 12.4. The molecule has 2 heterocycles. The lowest BCUT2D eigenvalue weighted by molar-refractivity contribution is -0.0242. The van der Waals surface area contributed by atoms with Crippen molar-refractivity contribution in [2.24, 2.45) is 5.11 Å². The van der Waals surface area contributed by atoms with Crippen molar-refractivity contribution >= 4 is 15.5 Å². The average molecular weight is 442 g/mol. The van der Waals surface area contributed by atoms with E-state index in [4.69, 9.17) is 20.1 Å². The standard InChI is InChI=1S/C10H16N6O9P2.CH4/c1-5-3-16(10(18)12-9(5)17)8-2-6(13-14-11)7(25-8)4-24-27(22,23)15-26(19,20)21;/h3,6-8H,2,4H2,1H3,(H,12,17,18)(H4,15,19,20,21,22,23);1H4/t6-,7-,8-;/m1./s1. The smallest absolute Gasteiger partial charge is 0.352 e. The molecule has 0 amide bonds. The summed E-state index contributed by atoms with van der Waals surface area (Å²) in [4.78, 5) is 56.0. The third-order valence-corrected chi connectivity index (χ3v) is 6.08. The first-order valence-electron chi connectivity index (χ1n) is 7.26. The summed E-state index contributed by atoms with van der Waals surface area (Å²) < 4.78 is 33.5. The first-order valence-corrected chi connectivity index (χ1v) is 10.4. The minimum atomic E-state index is -5.04. The van der Waals surface area contributed by atoms with Gasteiger partial charge >= 0.3 is 21.2 Å². The second kappa shape index (κ2) is 9.14. The van der Waals surface area contributed by atoms with E-state index in [0.29, 0.717) is 0 Å². The van der Waals surface area contributed by atoms with Gasteiger partial charge in [-0.3, -0.25) is 18.9 Å². The maximum atomic E-state index is 11.9. The Morgan fingerprint density at radius 1 is 1.46 bits per heavy atom. The first kappa shape index (κ1) is 24.2. The summed E-state index contributed by atoms with van der Waals surface area (Å²) in [5, 5.41) is 3.47. The van der Waals surface area contributed by atoms with E-state index in [2.05, 4.69) is 19.5 Å². The molecule has 0 radical (unpaired) electrons. The summed E-state index contributed by atoms with van der Waals surface area (Å²) in [6.07, 6.45) is -0.825. The van der Waals surface area contributed by atoms with Gasteiger partial charge in [-0.2, -0.15) is 0 Å². The van der Waals surface area contributed by atoms with Crippen molar-refractivity contribution in [3.63, 3.8) is 0 Å². The quantitative estimate of drug-likeness (QED) is 0.167. The van der Waals surface area contributed by atoms with Gasteiger partial charge in [0.2, 0.25) is 0 Å². The number of aromatic amines is 1. The van der Waals surface area contributed by atoms with Crippen LogP contribution in [0.1, 0.15) is 25.6 Å². The van der Waals surface area contributed by atoms with Gasteiger partial charge in [0.1, 0.15) is 6.23 Å². The summed E-state index contributed by atoms with van der Waals surface area (Å²) in [6.45, 7) is 0.795. The van der Waals surface area contributed by atoms with E-state index < -0.39 is 51.7 Å². The molecule has 1 aromatic heterocycles. The van der Waals surface area contributed by atoms with Gasteiger partial charge in [0.25, 0.3) is 5.56 Å². The minimum absolute atomic E-state index is 0. The Bertz CT molecular complexity index is 964. The number of hydrogen-bond donors (Lipinski definition) is 5. The van der Waals surface area contributed by atoms with Gasteiger partial charge < -0.3 is 19.4 Å². The van der Waals surface area contributed by atoms with E-state index in [1.807, 2.05) is 0 Å². The highest BCUT2D eigenvalue weighted by atomic mass is 31.3. The highest BCUT2D eigenvalue weighted by Gasteiger charge is 2.39. The van der Waals surface area contributed by atoms with Gasteiger partial charge in [-0.05, 0) is 12.5 Å². The molecule has 4 atom stereocenters. The van der Waals surface area contributed by atoms with E-state index in [-0.39, 0.29) is 19.4 Å². The van der Waals surface area contributed by atoms with Crippen molar-refractivity contribution in [2.45, 2.75) is 39.1 Å². The number of azide groups is 1. The Kier molecular flexibility index (Phi) is 7.91. The fourth-order valence-corrected chi connectivity index (χ4v) is 4.29. The van der Waals surface area contributed by atoms with Crippen molar-refractivity contribution < 1.29 is 33.1 Å². The maximum absolute atomic E-state index is 11.9. The van der Waals surface area contributed by atoms with Crippen LogP contribution in [0.2, 0.25) is 0 Å². The summed E-state index contributed by atoms with van der Waals surface area (Å²) in [5.74, 6) is 0. The average Bonchev–Trinajstić information content (AvgIpc) is 2.90. The van der Waals surface area contributed by atoms with Crippen LogP contribution >= 0.6 is 15.5 Å². The van der Waals surface area contributed by atoms with Gasteiger partial charge in [-0.25, -0.2) is 13.9 Å². The van der Waals surface area contributed by atoms with Crippen LogP contribution in [0.15, 0.2) is 20.9 Å². The third kappa shape index (κ3) is 6.38. The number of nitrogens with one attached hydrogen (secondary N) is 2. The van der Waals surface area contributed by atoms with Gasteiger partial charge in [-0.15, -0.1) is 4.86 Å². The molecular formula is C11H20N6O9P2. The summed E-state index contributed by atoms with van der Waals surface area (Å²) in [5.41, 5.74) is 7.52. The molecule has 0 saturated carbocycles. The maximum Gasteiger partial charge on any atom is 0.412 e. The highest BCUT2D eigenvalue weighted by molar-refractivity contribution is 7.66. The molecule has 2 rings (SSSR count). The molecule has 1 saturated heterocycles. The minimum Gasteiger partial charge on any atom is -0.352 e. The summed E-state index contributed by atoms with van der Waals surface area (Å²) >= 11 is 0. The number of H-pyrrole nitrogens is 1. The molecule has 5 N–H and O–H groups in total. The zero-order chi connectivity index (χ0) is 20.4. The van der Waals surface area contributed by atoms with E-state index in [1.54, 1.807) is 0 Å². The normalized spacial score (nSPS) is 24.1. The molecule has 0 spiro atoms.